The highest BCUT2D eigenvalue weighted by Crippen LogP contribution is 2.14. The highest BCUT2D eigenvalue weighted by molar-refractivity contribution is 7.86. The second-order valence-corrected chi connectivity index (χ2v) is 10.3. The number of likely N-dealkylation sites (tertiary alicyclic amines) is 1. The lowest BCUT2D eigenvalue weighted by atomic mass is 10.0. The van der Waals surface area contributed by atoms with Gasteiger partial charge in [-0.3, -0.25) is 14.1 Å². The molecule has 1 atom stereocenters. The Morgan fingerprint density at radius 3 is 2.44 bits per heavy atom. The van der Waals surface area contributed by atoms with Crippen molar-refractivity contribution in [3.63, 3.8) is 0 Å². The number of nitrogens with one attached hydrogen (secondary N) is 2. The van der Waals surface area contributed by atoms with Gasteiger partial charge in [-0.15, -0.1) is 0 Å². The van der Waals surface area contributed by atoms with E-state index in [9.17, 15) is 8.60 Å². The van der Waals surface area contributed by atoms with Crippen LogP contribution in [0.1, 0.15) is 39.2 Å². The van der Waals surface area contributed by atoms with E-state index in [4.69, 9.17) is 0 Å². The van der Waals surface area contributed by atoms with Crippen molar-refractivity contribution < 1.29 is 8.60 Å². The minimum atomic E-state index is -0.864. The van der Waals surface area contributed by atoms with Crippen LogP contribution >= 0.6 is 0 Å². The normalized spacial score (nSPS) is 18.3. The lowest BCUT2D eigenvalue weighted by Crippen LogP contribution is -2.49. The number of guanidine groups is 1. The van der Waals surface area contributed by atoms with Gasteiger partial charge in [0.05, 0.1) is 0 Å². The van der Waals surface area contributed by atoms with E-state index in [-0.39, 0.29) is 10.6 Å². The number of piperidine rings is 1. The molecule has 1 saturated heterocycles. The average molecular weight is 397 g/mol. The first-order valence-corrected chi connectivity index (χ1v) is 10.9. The van der Waals surface area contributed by atoms with E-state index in [2.05, 4.69) is 20.5 Å². The fourth-order valence-corrected chi connectivity index (χ4v) is 3.94. The average Bonchev–Trinajstić information content (AvgIpc) is 2.63. The van der Waals surface area contributed by atoms with Crippen molar-refractivity contribution in [2.75, 3.05) is 32.4 Å². The molecule has 1 aliphatic rings. The predicted octanol–water partition coefficient (Wildman–Crippen LogP) is 2.50. The van der Waals surface area contributed by atoms with E-state index in [0.717, 1.165) is 44.0 Å². The summed E-state index contributed by atoms with van der Waals surface area (Å²) in [6.07, 6.45) is 2.08. The van der Waals surface area contributed by atoms with Gasteiger partial charge in [0.25, 0.3) is 0 Å². The fraction of sp³-hybridized carbons (Fsp3) is 0.650. The van der Waals surface area contributed by atoms with Gasteiger partial charge in [-0.25, -0.2) is 4.39 Å². The zero-order chi connectivity index (χ0) is 19.9. The number of hydrogen-bond donors (Lipinski definition) is 2. The highest BCUT2D eigenvalue weighted by atomic mass is 32.2. The fourth-order valence-electron chi connectivity index (χ4n) is 3.04. The second kappa shape index (κ2) is 10.2. The van der Waals surface area contributed by atoms with Crippen LogP contribution in [0.4, 0.5) is 4.39 Å². The summed E-state index contributed by atoms with van der Waals surface area (Å²) in [5, 5.41) is 6.75. The lowest BCUT2D eigenvalue weighted by Gasteiger charge is -2.33. The molecule has 2 N–H and O–H groups in total. The number of halogens is 1. The number of nitrogens with zero attached hydrogens (tertiary/aromatic N) is 2. The lowest BCUT2D eigenvalue weighted by molar-refractivity contribution is 0.198. The highest BCUT2D eigenvalue weighted by Gasteiger charge is 2.21. The molecule has 2 rings (SSSR count). The van der Waals surface area contributed by atoms with Gasteiger partial charge in [-0.05, 0) is 51.3 Å². The van der Waals surface area contributed by atoms with Crippen LogP contribution in [-0.4, -0.2) is 58.3 Å². The van der Waals surface area contributed by atoms with E-state index in [0.29, 0.717) is 18.3 Å². The molecule has 0 aliphatic carbocycles. The summed E-state index contributed by atoms with van der Waals surface area (Å²) in [6, 6.07) is 7.13. The van der Waals surface area contributed by atoms with Crippen LogP contribution in [-0.2, 0) is 17.3 Å². The first kappa shape index (κ1) is 21.8. The molecule has 0 bridgehead atoms. The van der Waals surface area contributed by atoms with Gasteiger partial charge in [0.15, 0.2) is 5.96 Å². The van der Waals surface area contributed by atoms with E-state index in [1.807, 2.05) is 32.9 Å². The van der Waals surface area contributed by atoms with Crippen molar-refractivity contribution in [2.24, 2.45) is 4.99 Å². The van der Waals surface area contributed by atoms with Crippen molar-refractivity contribution >= 4 is 16.8 Å². The number of hydrogen-bond acceptors (Lipinski definition) is 3. The summed E-state index contributed by atoms with van der Waals surface area (Å²) in [5.41, 5.74) is 1.15. The molecule has 0 spiro atoms. The molecule has 152 valence electrons. The van der Waals surface area contributed by atoms with Crippen LogP contribution in [0.3, 0.4) is 0 Å². The molecule has 1 aliphatic heterocycles. The van der Waals surface area contributed by atoms with Crippen LogP contribution in [0.15, 0.2) is 29.3 Å². The quantitative estimate of drug-likeness (QED) is 0.573. The number of rotatable bonds is 6. The van der Waals surface area contributed by atoms with Crippen molar-refractivity contribution in [3.05, 3.63) is 35.6 Å². The van der Waals surface area contributed by atoms with Gasteiger partial charge in [-0.1, -0.05) is 12.1 Å². The van der Waals surface area contributed by atoms with Gasteiger partial charge >= 0.3 is 0 Å². The van der Waals surface area contributed by atoms with Crippen LogP contribution in [0, 0.1) is 5.82 Å². The third kappa shape index (κ3) is 7.58. The topological polar surface area (TPSA) is 56.7 Å². The van der Waals surface area contributed by atoms with Crippen molar-refractivity contribution in [1.29, 1.82) is 0 Å². The largest absolute Gasteiger partial charge is 0.355 e. The van der Waals surface area contributed by atoms with Crippen LogP contribution < -0.4 is 10.6 Å². The summed E-state index contributed by atoms with van der Waals surface area (Å²) in [7, 11) is 0.900. The Morgan fingerprint density at radius 1 is 1.26 bits per heavy atom. The molecule has 1 heterocycles. The zero-order valence-electron chi connectivity index (χ0n) is 16.9. The maximum atomic E-state index is 13.0. The molecule has 0 radical (unpaired) electrons. The smallest absolute Gasteiger partial charge is 0.191 e. The zero-order valence-corrected chi connectivity index (χ0v) is 17.7. The van der Waals surface area contributed by atoms with Crippen LogP contribution in [0.25, 0.3) is 0 Å². The Morgan fingerprint density at radius 2 is 1.89 bits per heavy atom. The van der Waals surface area contributed by atoms with Crippen LogP contribution in [0.5, 0.6) is 0 Å². The molecule has 0 saturated carbocycles. The maximum absolute atomic E-state index is 13.0. The molecular weight excluding hydrogens is 363 g/mol. The summed E-state index contributed by atoms with van der Waals surface area (Å²) in [4.78, 5) is 6.68. The number of aliphatic imine (C=N–C) groups is 1. The summed E-state index contributed by atoms with van der Waals surface area (Å²) in [5.74, 6) is 1.20. The molecule has 7 heteroatoms. The Balaban J connectivity index is 1.70. The molecule has 0 aromatic heterocycles. The summed E-state index contributed by atoms with van der Waals surface area (Å²) >= 11 is 0. The molecule has 5 nitrogen and oxygen atoms in total. The first-order valence-electron chi connectivity index (χ1n) is 9.60. The van der Waals surface area contributed by atoms with Crippen molar-refractivity contribution in [2.45, 2.75) is 50.9 Å². The third-order valence-electron chi connectivity index (χ3n) is 4.73. The second-order valence-electron chi connectivity index (χ2n) is 7.98. The SMILES string of the molecule is CN=C(NCCS(=O)C(C)(C)C)NC1CCN(Cc2ccc(F)cc2)CC1. The Kier molecular flexibility index (Phi) is 8.23. The van der Waals surface area contributed by atoms with Gasteiger partial charge < -0.3 is 10.6 Å². The monoisotopic (exact) mass is 396 g/mol. The molecule has 27 heavy (non-hydrogen) atoms. The molecule has 1 aromatic carbocycles. The van der Waals surface area contributed by atoms with Gasteiger partial charge in [0, 0.05) is 60.6 Å². The van der Waals surface area contributed by atoms with E-state index < -0.39 is 10.8 Å². The summed E-state index contributed by atoms with van der Waals surface area (Å²) in [6.45, 7) is 9.49. The van der Waals surface area contributed by atoms with E-state index >= 15 is 0 Å². The molecule has 1 unspecified atom stereocenters. The molecule has 1 aromatic rings. The van der Waals surface area contributed by atoms with Crippen molar-refractivity contribution in [1.82, 2.24) is 15.5 Å². The number of benzene rings is 1. The predicted molar refractivity (Wildman–Crippen MR) is 112 cm³/mol. The molecular formula is C20H33FN4OS. The minimum Gasteiger partial charge on any atom is -0.355 e. The first-order chi connectivity index (χ1) is 12.8. The van der Waals surface area contributed by atoms with Gasteiger partial charge in [-0.2, -0.15) is 0 Å². The van der Waals surface area contributed by atoms with E-state index in [1.54, 1.807) is 7.05 Å². The Labute approximate surface area is 165 Å². The minimum absolute atomic E-state index is 0.185. The maximum Gasteiger partial charge on any atom is 0.191 e. The molecule has 0 amide bonds. The van der Waals surface area contributed by atoms with Gasteiger partial charge in [0.2, 0.25) is 0 Å². The standard InChI is InChI=1S/C20H33FN4OS/c1-20(2,3)27(26)14-11-23-19(22-4)24-18-9-12-25(13-10-18)15-16-5-7-17(21)8-6-16/h5-8,18H,9-15H2,1-4H3,(H2,22,23,24). The van der Waals surface area contributed by atoms with Crippen LogP contribution in [0.2, 0.25) is 0 Å². The van der Waals surface area contributed by atoms with Crippen molar-refractivity contribution in [3.8, 4) is 0 Å². The Bertz CT molecular complexity index is 634. The third-order valence-corrected chi connectivity index (χ3v) is 6.68. The Hall–Kier alpha value is -1.47. The van der Waals surface area contributed by atoms with Gasteiger partial charge in [0.1, 0.15) is 5.82 Å². The van der Waals surface area contributed by atoms with E-state index in [1.165, 1.54) is 12.1 Å². The summed E-state index contributed by atoms with van der Waals surface area (Å²) < 4.78 is 24.9. The molecule has 1 fully saturated rings.